The molecule has 1 saturated heterocycles. The minimum Gasteiger partial charge on any atom is -0.352 e. The van der Waals surface area contributed by atoms with Crippen LogP contribution in [0, 0.1) is 19.8 Å². The zero-order valence-corrected chi connectivity index (χ0v) is 17.2. The molecular formula is C21H29ClN4O. The highest BCUT2D eigenvalue weighted by molar-refractivity contribution is 6.31. The Balaban J connectivity index is 1.49. The predicted octanol–water partition coefficient (Wildman–Crippen LogP) is 3.99. The first-order valence-electron chi connectivity index (χ1n) is 9.78. The molecule has 0 spiro atoms. The number of hydrogen-bond acceptors (Lipinski definition) is 3. The molecule has 0 aliphatic carbocycles. The number of piperidine rings is 1. The van der Waals surface area contributed by atoms with Crippen LogP contribution < -0.4 is 5.32 Å². The Labute approximate surface area is 166 Å². The van der Waals surface area contributed by atoms with Crippen LogP contribution in [0.25, 0.3) is 5.69 Å². The lowest BCUT2D eigenvalue weighted by molar-refractivity contribution is 0.0950. The van der Waals surface area contributed by atoms with Crippen molar-refractivity contribution in [3.05, 3.63) is 46.2 Å². The maximum absolute atomic E-state index is 12.4. The summed E-state index contributed by atoms with van der Waals surface area (Å²) in [6.45, 7) is 10.3. The molecule has 1 atom stereocenters. The van der Waals surface area contributed by atoms with Crippen molar-refractivity contribution in [3.8, 4) is 5.69 Å². The van der Waals surface area contributed by atoms with Gasteiger partial charge in [0, 0.05) is 18.7 Å². The Morgan fingerprint density at radius 3 is 2.67 bits per heavy atom. The van der Waals surface area contributed by atoms with Gasteiger partial charge in [-0.3, -0.25) is 4.79 Å². The molecule has 1 aromatic heterocycles. The van der Waals surface area contributed by atoms with Gasteiger partial charge in [-0.2, -0.15) is 5.10 Å². The third kappa shape index (κ3) is 4.90. The van der Waals surface area contributed by atoms with Crippen LogP contribution in [-0.4, -0.2) is 46.8 Å². The van der Waals surface area contributed by atoms with Crippen LogP contribution in [0.1, 0.15) is 47.9 Å². The van der Waals surface area contributed by atoms with Crippen LogP contribution in [0.5, 0.6) is 0 Å². The molecule has 1 fully saturated rings. The third-order valence-electron chi connectivity index (χ3n) is 5.25. The number of aryl methyl sites for hydroxylation is 1. The molecule has 1 unspecified atom stereocenters. The second kappa shape index (κ2) is 8.89. The fraction of sp³-hybridized carbons (Fsp3) is 0.524. The van der Waals surface area contributed by atoms with Gasteiger partial charge in [-0.05, 0) is 76.4 Å². The lowest BCUT2D eigenvalue weighted by atomic mass is 10.0. The number of aromatic nitrogens is 2. The fourth-order valence-corrected chi connectivity index (χ4v) is 3.84. The number of rotatable bonds is 6. The topological polar surface area (TPSA) is 50.2 Å². The summed E-state index contributed by atoms with van der Waals surface area (Å²) in [5.41, 5.74) is 3.27. The fourth-order valence-electron chi connectivity index (χ4n) is 3.73. The Bertz CT molecular complexity index is 784. The van der Waals surface area contributed by atoms with Gasteiger partial charge in [0.2, 0.25) is 0 Å². The van der Waals surface area contributed by atoms with E-state index in [0.717, 1.165) is 36.0 Å². The molecule has 0 saturated carbocycles. The van der Waals surface area contributed by atoms with Crippen LogP contribution in [0.2, 0.25) is 5.02 Å². The van der Waals surface area contributed by atoms with Crippen molar-refractivity contribution in [1.82, 2.24) is 20.0 Å². The summed E-state index contributed by atoms with van der Waals surface area (Å²) < 4.78 is 1.80. The molecular weight excluding hydrogens is 360 g/mol. The van der Waals surface area contributed by atoms with Gasteiger partial charge >= 0.3 is 0 Å². The van der Waals surface area contributed by atoms with E-state index in [-0.39, 0.29) is 5.91 Å². The van der Waals surface area contributed by atoms with Crippen LogP contribution in [0.15, 0.2) is 24.3 Å². The van der Waals surface area contributed by atoms with Gasteiger partial charge in [-0.1, -0.05) is 18.5 Å². The lowest BCUT2D eigenvalue weighted by Crippen LogP contribution is -2.36. The third-order valence-corrected chi connectivity index (χ3v) is 5.80. The van der Waals surface area contributed by atoms with Gasteiger partial charge in [0.1, 0.15) is 0 Å². The number of nitrogens with zero attached hydrogens (tertiary/aromatic N) is 3. The number of amides is 1. The van der Waals surface area contributed by atoms with Gasteiger partial charge in [-0.25, -0.2) is 4.68 Å². The number of halogens is 1. The second-order valence-electron chi connectivity index (χ2n) is 7.60. The smallest absolute Gasteiger partial charge is 0.251 e. The summed E-state index contributed by atoms with van der Waals surface area (Å²) in [6, 6.07) is 7.47. The van der Waals surface area contributed by atoms with Crippen LogP contribution >= 0.6 is 11.6 Å². The quantitative estimate of drug-likeness (QED) is 0.761. The van der Waals surface area contributed by atoms with Crippen molar-refractivity contribution in [2.75, 3.05) is 26.2 Å². The van der Waals surface area contributed by atoms with E-state index in [1.54, 1.807) is 4.68 Å². The molecule has 5 nitrogen and oxygen atoms in total. The Morgan fingerprint density at radius 1 is 1.30 bits per heavy atom. The molecule has 6 heteroatoms. The molecule has 1 amide bonds. The first-order chi connectivity index (χ1) is 13.0. The van der Waals surface area contributed by atoms with Crippen molar-refractivity contribution in [3.63, 3.8) is 0 Å². The largest absolute Gasteiger partial charge is 0.352 e. The van der Waals surface area contributed by atoms with Crippen molar-refractivity contribution in [2.24, 2.45) is 5.92 Å². The van der Waals surface area contributed by atoms with Gasteiger partial charge < -0.3 is 10.2 Å². The van der Waals surface area contributed by atoms with Crippen LogP contribution in [0.4, 0.5) is 0 Å². The zero-order valence-electron chi connectivity index (χ0n) is 16.5. The van der Waals surface area contributed by atoms with Crippen LogP contribution in [0.3, 0.4) is 0 Å². The SMILES string of the molecule is Cc1nn(-c2ccc(C(=O)NCCCN3CCCC(C)C3)cc2)c(C)c1Cl. The van der Waals surface area contributed by atoms with E-state index < -0.39 is 0 Å². The zero-order chi connectivity index (χ0) is 19.4. The summed E-state index contributed by atoms with van der Waals surface area (Å²) in [5.74, 6) is 0.768. The molecule has 1 aliphatic rings. The molecule has 0 bridgehead atoms. The summed E-state index contributed by atoms with van der Waals surface area (Å²) in [7, 11) is 0. The molecule has 27 heavy (non-hydrogen) atoms. The van der Waals surface area contributed by atoms with Gasteiger partial charge in [-0.15, -0.1) is 0 Å². The molecule has 3 rings (SSSR count). The standard InChI is InChI=1S/C21H29ClN4O/c1-15-6-4-12-25(14-15)13-5-11-23-21(27)18-7-9-19(10-8-18)26-17(3)20(22)16(2)24-26/h7-10,15H,4-6,11-14H2,1-3H3,(H,23,27). The molecule has 2 aromatic rings. The summed E-state index contributed by atoms with van der Waals surface area (Å²) >= 11 is 6.21. The van der Waals surface area contributed by atoms with E-state index >= 15 is 0 Å². The summed E-state index contributed by atoms with van der Waals surface area (Å²) in [5, 5.41) is 8.15. The van der Waals surface area contributed by atoms with Crippen molar-refractivity contribution >= 4 is 17.5 Å². The number of carbonyl (C=O) groups is 1. The second-order valence-corrected chi connectivity index (χ2v) is 7.98. The molecule has 0 radical (unpaired) electrons. The monoisotopic (exact) mass is 388 g/mol. The molecule has 1 N–H and O–H groups in total. The maximum Gasteiger partial charge on any atom is 0.251 e. The molecule has 1 aromatic carbocycles. The van der Waals surface area contributed by atoms with E-state index in [1.807, 2.05) is 38.1 Å². The number of carbonyl (C=O) groups excluding carboxylic acids is 1. The molecule has 2 heterocycles. The van der Waals surface area contributed by atoms with E-state index in [2.05, 4.69) is 22.2 Å². The Morgan fingerprint density at radius 2 is 2.04 bits per heavy atom. The average Bonchev–Trinajstić information content (AvgIpc) is 2.93. The molecule has 1 aliphatic heterocycles. The van der Waals surface area contributed by atoms with Gasteiger partial charge in [0.15, 0.2) is 0 Å². The van der Waals surface area contributed by atoms with Crippen molar-refractivity contribution in [2.45, 2.75) is 40.0 Å². The Kier molecular flexibility index (Phi) is 6.55. The van der Waals surface area contributed by atoms with E-state index in [0.29, 0.717) is 17.1 Å². The van der Waals surface area contributed by atoms with Crippen molar-refractivity contribution < 1.29 is 4.79 Å². The van der Waals surface area contributed by atoms with E-state index in [4.69, 9.17) is 11.6 Å². The minimum atomic E-state index is -0.0278. The van der Waals surface area contributed by atoms with Gasteiger partial charge in [0.05, 0.1) is 22.1 Å². The van der Waals surface area contributed by atoms with Gasteiger partial charge in [0.25, 0.3) is 5.91 Å². The first kappa shape index (κ1) is 19.9. The number of hydrogen-bond donors (Lipinski definition) is 1. The van der Waals surface area contributed by atoms with Crippen LogP contribution in [-0.2, 0) is 0 Å². The highest BCUT2D eigenvalue weighted by Crippen LogP contribution is 2.22. The Hall–Kier alpha value is -1.85. The maximum atomic E-state index is 12.4. The average molecular weight is 389 g/mol. The summed E-state index contributed by atoms with van der Waals surface area (Å²) in [4.78, 5) is 14.9. The normalized spacial score (nSPS) is 17.9. The predicted molar refractivity (Wildman–Crippen MR) is 110 cm³/mol. The van der Waals surface area contributed by atoms with E-state index in [1.165, 1.54) is 25.9 Å². The summed E-state index contributed by atoms with van der Waals surface area (Å²) in [6.07, 6.45) is 3.62. The van der Waals surface area contributed by atoms with E-state index in [9.17, 15) is 4.79 Å². The first-order valence-corrected chi connectivity index (χ1v) is 10.2. The lowest BCUT2D eigenvalue weighted by Gasteiger charge is -2.30. The number of nitrogens with one attached hydrogen (secondary N) is 1. The number of likely N-dealkylation sites (tertiary alicyclic amines) is 1. The number of benzene rings is 1. The molecule has 146 valence electrons. The highest BCUT2D eigenvalue weighted by Gasteiger charge is 2.15. The highest BCUT2D eigenvalue weighted by atomic mass is 35.5. The minimum absolute atomic E-state index is 0.0278. The van der Waals surface area contributed by atoms with Crippen molar-refractivity contribution in [1.29, 1.82) is 0 Å².